The van der Waals surface area contributed by atoms with E-state index in [1.807, 2.05) is 13.0 Å². The van der Waals surface area contributed by atoms with Crippen molar-refractivity contribution in [3.05, 3.63) is 28.0 Å². The minimum absolute atomic E-state index is 0.199. The van der Waals surface area contributed by atoms with Crippen LogP contribution >= 0.6 is 15.9 Å². The monoisotopic (exact) mass is 300 g/mol. The highest BCUT2D eigenvalue weighted by molar-refractivity contribution is 9.10. The number of anilines is 1. The fraction of sp³-hybridized carbons (Fsp3) is 0.538. The van der Waals surface area contributed by atoms with Gasteiger partial charge in [-0.05, 0) is 72.4 Å². The van der Waals surface area contributed by atoms with E-state index in [-0.39, 0.29) is 5.82 Å². The molecule has 0 bridgehead atoms. The van der Waals surface area contributed by atoms with E-state index in [0.29, 0.717) is 4.47 Å². The summed E-state index contributed by atoms with van der Waals surface area (Å²) in [4.78, 5) is 0. The van der Waals surface area contributed by atoms with E-state index in [1.54, 1.807) is 6.07 Å². The van der Waals surface area contributed by atoms with Gasteiger partial charge in [-0.15, -0.1) is 0 Å². The third-order valence-corrected chi connectivity index (χ3v) is 3.91. The molecular formula is C13H18BrFN2. The van der Waals surface area contributed by atoms with Crippen LogP contribution in [0.1, 0.15) is 18.4 Å². The molecule has 1 aliphatic rings. The Balaban J connectivity index is 1.96. The molecule has 0 aromatic heterocycles. The van der Waals surface area contributed by atoms with Crippen molar-refractivity contribution in [1.29, 1.82) is 0 Å². The summed E-state index contributed by atoms with van der Waals surface area (Å²) in [6.45, 7) is 5.12. The number of hydrogen-bond donors (Lipinski definition) is 2. The SMILES string of the molecule is Cc1cc(F)c(Br)cc1NCC1CCNCC1. The second-order valence-electron chi connectivity index (χ2n) is 4.66. The third kappa shape index (κ3) is 3.42. The molecule has 1 aromatic carbocycles. The van der Waals surface area contributed by atoms with Crippen LogP contribution in [0, 0.1) is 18.7 Å². The number of piperidine rings is 1. The largest absolute Gasteiger partial charge is 0.385 e. The molecule has 2 nitrogen and oxygen atoms in total. The maximum Gasteiger partial charge on any atom is 0.137 e. The number of nitrogens with one attached hydrogen (secondary N) is 2. The van der Waals surface area contributed by atoms with Crippen molar-refractivity contribution in [3.63, 3.8) is 0 Å². The average molecular weight is 301 g/mol. The first-order valence-corrected chi connectivity index (χ1v) is 6.86. The second-order valence-corrected chi connectivity index (χ2v) is 5.51. The molecular weight excluding hydrogens is 283 g/mol. The molecule has 94 valence electrons. The number of rotatable bonds is 3. The molecule has 0 aliphatic carbocycles. The molecule has 1 fully saturated rings. The molecule has 0 spiro atoms. The lowest BCUT2D eigenvalue weighted by Gasteiger charge is -2.23. The van der Waals surface area contributed by atoms with Crippen LogP contribution in [-0.4, -0.2) is 19.6 Å². The maximum absolute atomic E-state index is 13.3. The minimum atomic E-state index is -0.199. The lowest BCUT2D eigenvalue weighted by atomic mass is 9.98. The molecule has 2 N–H and O–H groups in total. The van der Waals surface area contributed by atoms with E-state index >= 15 is 0 Å². The first-order valence-electron chi connectivity index (χ1n) is 6.07. The number of aryl methyl sites for hydroxylation is 1. The van der Waals surface area contributed by atoms with E-state index in [0.717, 1.165) is 36.8 Å². The lowest BCUT2D eigenvalue weighted by molar-refractivity contribution is 0.390. The third-order valence-electron chi connectivity index (χ3n) is 3.31. The molecule has 0 radical (unpaired) electrons. The first-order chi connectivity index (χ1) is 8.16. The highest BCUT2D eigenvalue weighted by atomic mass is 79.9. The zero-order valence-corrected chi connectivity index (χ0v) is 11.6. The summed E-state index contributed by atoms with van der Waals surface area (Å²) in [6, 6.07) is 3.39. The highest BCUT2D eigenvalue weighted by Gasteiger charge is 2.13. The van der Waals surface area contributed by atoms with E-state index < -0.39 is 0 Å². The second kappa shape index (κ2) is 5.83. The molecule has 4 heteroatoms. The summed E-state index contributed by atoms with van der Waals surface area (Å²) in [5.41, 5.74) is 1.98. The lowest BCUT2D eigenvalue weighted by Crippen LogP contribution is -2.31. The Morgan fingerprint density at radius 1 is 1.41 bits per heavy atom. The number of halogens is 2. The van der Waals surface area contributed by atoms with Gasteiger partial charge in [-0.2, -0.15) is 0 Å². The summed E-state index contributed by atoms with van der Waals surface area (Å²) < 4.78 is 13.8. The van der Waals surface area contributed by atoms with Gasteiger partial charge in [-0.3, -0.25) is 0 Å². The Hall–Kier alpha value is -0.610. The van der Waals surface area contributed by atoms with Gasteiger partial charge < -0.3 is 10.6 Å². The zero-order chi connectivity index (χ0) is 12.3. The molecule has 2 rings (SSSR count). The molecule has 1 saturated heterocycles. The van der Waals surface area contributed by atoms with Crippen molar-refractivity contribution in [2.45, 2.75) is 19.8 Å². The van der Waals surface area contributed by atoms with Crippen molar-refractivity contribution in [2.75, 3.05) is 25.0 Å². The van der Waals surface area contributed by atoms with Crippen molar-refractivity contribution in [3.8, 4) is 0 Å². The van der Waals surface area contributed by atoms with Crippen LogP contribution in [0.25, 0.3) is 0 Å². The summed E-state index contributed by atoms with van der Waals surface area (Å²) in [6.07, 6.45) is 2.43. The quantitative estimate of drug-likeness (QED) is 0.895. The van der Waals surface area contributed by atoms with Gasteiger partial charge >= 0.3 is 0 Å². The molecule has 17 heavy (non-hydrogen) atoms. The molecule has 1 heterocycles. The Morgan fingerprint density at radius 3 is 2.82 bits per heavy atom. The number of benzene rings is 1. The van der Waals surface area contributed by atoms with Crippen LogP contribution in [0.3, 0.4) is 0 Å². The number of hydrogen-bond acceptors (Lipinski definition) is 2. The van der Waals surface area contributed by atoms with E-state index in [1.165, 1.54) is 12.8 Å². The van der Waals surface area contributed by atoms with Gasteiger partial charge in [0.15, 0.2) is 0 Å². The van der Waals surface area contributed by atoms with Crippen LogP contribution in [0.2, 0.25) is 0 Å². The van der Waals surface area contributed by atoms with Gasteiger partial charge in [0.1, 0.15) is 5.82 Å². The Bertz CT molecular complexity index is 389. The van der Waals surface area contributed by atoms with Gasteiger partial charge in [-0.1, -0.05) is 0 Å². The van der Waals surface area contributed by atoms with Gasteiger partial charge in [-0.25, -0.2) is 4.39 Å². The Kier molecular flexibility index (Phi) is 4.40. The Labute approximate surface area is 110 Å². The van der Waals surface area contributed by atoms with Crippen molar-refractivity contribution in [1.82, 2.24) is 5.32 Å². The highest BCUT2D eigenvalue weighted by Crippen LogP contribution is 2.25. The fourth-order valence-electron chi connectivity index (χ4n) is 2.18. The van der Waals surface area contributed by atoms with Crippen LogP contribution in [0.5, 0.6) is 0 Å². The molecule has 0 atom stereocenters. The fourth-order valence-corrected chi connectivity index (χ4v) is 2.52. The normalized spacial score (nSPS) is 17.1. The molecule has 0 amide bonds. The van der Waals surface area contributed by atoms with Crippen LogP contribution < -0.4 is 10.6 Å². The summed E-state index contributed by atoms with van der Waals surface area (Å²) in [5, 5.41) is 6.78. The van der Waals surface area contributed by atoms with E-state index in [4.69, 9.17) is 0 Å². The van der Waals surface area contributed by atoms with Crippen molar-refractivity contribution >= 4 is 21.6 Å². The van der Waals surface area contributed by atoms with Crippen molar-refractivity contribution < 1.29 is 4.39 Å². The summed E-state index contributed by atoms with van der Waals surface area (Å²) in [5.74, 6) is 0.523. The first kappa shape index (κ1) is 12.8. The topological polar surface area (TPSA) is 24.1 Å². The van der Waals surface area contributed by atoms with Crippen molar-refractivity contribution in [2.24, 2.45) is 5.92 Å². The van der Waals surface area contributed by atoms with Gasteiger partial charge in [0.25, 0.3) is 0 Å². The van der Waals surface area contributed by atoms with Crippen LogP contribution in [0.15, 0.2) is 16.6 Å². The minimum Gasteiger partial charge on any atom is -0.385 e. The van der Waals surface area contributed by atoms with Crippen LogP contribution in [-0.2, 0) is 0 Å². The molecule has 0 unspecified atom stereocenters. The van der Waals surface area contributed by atoms with Gasteiger partial charge in [0.2, 0.25) is 0 Å². The predicted octanol–water partition coefficient (Wildman–Crippen LogP) is 3.31. The molecule has 1 aliphatic heterocycles. The molecule has 1 aromatic rings. The summed E-state index contributed by atoms with van der Waals surface area (Å²) >= 11 is 3.22. The smallest absolute Gasteiger partial charge is 0.137 e. The molecule has 0 saturated carbocycles. The average Bonchev–Trinajstić information content (AvgIpc) is 2.33. The predicted molar refractivity (Wildman–Crippen MR) is 72.9 cm³/mol. The maximum atomic E-state index is 13.3. The van der Waals surface area contributed by atoms with Gasteiger partial charge in [0, 0.05) is 12.2 Å². The van der Waals surface area contributed by atoms with E-state index in [9.17, 15) is 4.39 Å². The summed E-state index contributed by atoms with van der Waals surface area (Å²) in [7, 11) is 0. The van der Waals surface area contributed by atoms with Gasteiger partial charge in [0.05, 0.1) is 4.47 Å². The van der Waals surface area contributed by atoms with E-state index in [2.05, 4.69) is 26.6 Å². The van der Waals surface area contributed by atoms with Crippen LogP contribution in [0.4, 0.5) is 10.1 Å². The standard InChI is InChI=1S/C13H18BrFN2/c1-9-6-12(15)11(14)7-13(9)17-8-10-2-4-16-5-3-10/h6-7,10,16-17H,2-5,8H2,1H3. The zero-order valence-electron chi connectivity index (χ0n) is 10.0. The Morgan fingerprint density at radius 2 is 2.12 bits per heavy atom.